The van der Waals surface area contributed by atoms with E-state index in [2.05, 4.69) is 25.7 Å². The van der Waals surface area contributed by atoms with Gasteiger partial charge in [-0.2, -0.15) is 0 Å². The van der Waals surface area contributed by atoms with Crippen LogP contribution in [0.4, 0.5) is 0 Å². The van der Waals surface area contributed by atoms with Crippen LogP contribution in [0.1, 0.15) is 72.6 Å². The molecule has 0 amide bonds. The first-order valence-electron chi connectivity index (χ1n) is 7.58. The molecule has 1 aliphatic rings. The predicted molar refractivity (Wildman–Crippen MR) is 81.6 cm³/mol. The quantitative estimate of drug-likeness (QED) is 0.669. The standard InChI is InChI=1S/C10H18.C4H11N.C2H6/c1-3-9(2)10-7-5-4-6-8-10;1-3-4-5-2;1-2/h10H,2-8H2,1H3;5H,3-4H2,1-2H3;1-2H3. The smallest absolute Gasteiger partial charge is 0.00546 e. The van der Waals surface area contributed by atoms with Crippen molar-refractivity contribution in [2.24, 2.45) is 5.92 Å². The van der Waals surface area contributed by atoms with Gasteiger partial charge in [0.25, 0.3) is 0 Å². The van der Waals surface area contributed by atoms with Gasteiger partial charge in [0.05, 0.1) is 0 Å². The van der Waals surface area contributed by atoms with Gasteiger partial charge in [-0.1, -0.05) is 59.1 Å². The summed E-state index contributed by atoms with van der Waals surface area (Å²) < 4.78 is 0. The van der Waals surface area contributed by atoms with Gasteiger partial charge in [-0.25, -0.2) is 0 Å². The van der Waals surface area contributed by atoms with Crippen molar-refractivity contribution in [3.63, 3.8) is 0 Å². The lowest BCUT2D eigenvalue weighted by Gasteiger charge is -2.22. The van der Waals surface area contributed by atoms with Gasteiger partial charge in [-0.05, 0) is 45.2 Å². The minimum absolute atomic E-state index is 0.874. The highest BCUT2D eigenvalue weighted by molar-refractivity contribution is 5.00. The summed E-state index contributed by atoms with van der Waals surface area (Å²) in [5, 5.41) is 3.02. The highest BCUT2D eigenvalue weighted by Gasteiger charge is 2.14. The Morgan fingerprint density at radius 3 is 1.94 bits per heavy atom. The van der Waals surface area contributed by atoms with Crippen molar-refractivity contribution in [1.82, 2.24) is 5.32 Å². The Morgan fingerprint density at radius 2 is 1.65 bits per heavy atom. The normalized spacial score (nSPS) is 15.1. The summed E-state index contributed by atoms with van der Waals surface area (Å²) in [5.74, 6) is 0.874. The van der Waals surface area contributed by atoms with Crippen LogP contribution in [0.15, 0.2) is 12.2 Å². The fourth-order valence-electron chi connectivity index (χ4n) is 2.05. The molecule has 1 heteroatoms. The molecule has 0 spiro atoms. The van der Waals surface area contributed by atoms with E-state index in [1.54, 1.807) is 0 Å². The molecule has 1 aliphatic carbocycles. The van der Waals surface area contributed by atoms with Gasteiger partial charge >= 0.3 is 0 Å². The zero-order valence-electron chi connectivity index (χ0n) is 12.9. The Bertz CT molecular complexity index is 144. The summed E-state index contributed by atoms with van der Waals surface area (Å²) >= 11 is 0. The number of hydrogen-bond acceptors (Lipinski definition) is 1. The summed E-state index contributed by atoms with van der Waals surface area (Å²) in [5.41, 5.74) is 1.49. The number of allylic oxidation sites excluding steroid dienone is 1. The lowest BCUT2D eigenvalue weighted by molar-refractivity contribution is 0.398. The molecule has 0 aliphatic heterocycles. The summed E-state index contributed by atoms with van der Waals surface area (Å²) in [6.45, 7) is 13.6. The summed E-state index contributed by atoms with van der Waals surface area (Å²) in [7, 11) is 1.96. The lowest BCUT2D eigenvalue weighted by atomic mass is 9.83. The number of nitrogens with one attached hydrogen (secondary N) is 1. The molecule has 0 unspecified atom stereocenters. The first-order chi connectivity index (χ1) is 8.26. The van der Waals surface area contributed by atoms with Crippen LogP contribution in [-0.4, -0.2) is 13.6 Å². The first-order valence-corrected chi connectivity index (χ1v) is 7.58. The van der Waals surface area contributed by atoms with Gasteiger partial charge in [0.2, 0.25) is 0 Å². The second kappa shape index (κ2) is 15.7. The van der Waals surface area contributed by atoms with Gasteiger partial charge in [0, 0.05) is 0 Å². The van der Waals surface area contributed by atoms with Crippen LogP contribution in [0, 0.1) is 5.92 Å². The molecule has 0 bridgehead atoms. The Morgan fingerprint density at radius 1 is 1.12 bits per heavy atom. The summed E-state index contributed by atoms with van der Waals surface area (Å²) in [6, 6.07) is 0. The molecular formula is C16H35N. The molecule has 0 atom stereocenters. The van der Waals surface area contributed by atoms with Crippen molar-refractivity contribution < 1.29 is 0 Å². The molecule has 0 aromatic heterocycles. The average Bonchev–Trinajstić information content (AvgIpc) is 2.43. The third kappa shape index (κ3) is 12.0. The molecule has 104 valence electrons. The Labute approximate surface area is 110 Å². The van der Waals surface area contributed by atoms with E-state index in [4.69, 9.17) is 0 Å². The topological polar surface area (TPSA) is 12.0 Å². The molecule has 0 aromatic carbocycles. The molecule has 1 saturated carbocycles. The highest BCUT2D eigenvalue weighted by atomic mass is 14.8. The highest BCUT2D eigenvalue weighted by Crippen LogP contribution is 2.29. The van der Waals surface area contributed by atoms with Gasteiger partial charge in [-0.3, -0.25) is 0 Å². The third-order valence-electron chi connectivity index (χ3n) is 3.14. The van der Waals surface area contributed by atoms with E-state index >= 15 is 0 Å². The second-order valence-corrected chi connectivity index (χ2v) is 4.45. The number of rotatable bonds is 4. The van der Waals surface area contributed by atoms with Crippen molar-refractivity contribution in [3.05, 3.63) is 12.2 Å². The van der Waals surface area contributed by atoms with E-state index in [1.165, 1.54) is 50.5 Å². The molecule has 1 rings (SSSR count). The predicted octanol–water partition coefficient (Wildman–Crippen LogP) is 5.17. The van der Waals surface area contributed by atoms with Gasteiger partial charge in [-0.15, -0.1) is 0 Å². The summed E-state index contributed by atoms with van der Waals surface area (Å²) in [6.07, 6.45) is 9.56. The molecule has 0 aromatic rings. The largest absolute Gasteiger partial charge is 0.320 e. The van der Waals surface area contributed by atoms with E-state index < -0.39 is 0 Å². The Balaban J connectivity index is 0. The van der Waals surface area contributed by atoms with Crippen molar-refractivity contribution in [2.45, 2.75) is 72.6 Å². The van der Waals surface area contributed by atoms with Gasteiger partial charge < -0.3 is 5.32 Å². The molecule has 1 nitrogen and oxygen atoms in total. The molecule has 17 heavy (non-hydrogen) atoms. The fraction of sp³-hybridized carbons (Fsp3) is 0.875. The van der Waals surface area contributed by atoms with Crippen LogP contribution in [0.3, 0.4) is 0 Å². The molecule has 0 radical (unpaired) electrons. The lowest BCUT2D eigenvalue weighted by Crippen LogP contribution is -2.07. The zero-order chi connectivity index (χ0) is 13.5. The zero-order valence-corrected chi connectivity index (χ0v) is 12.9. The van der Waals surface area contributed by atoms with E-state index in [-0.39, 0.29) is 0 Å². The van der Waals surface area contributed by atoms with Crippen LogP contribution in [0.5, 0.6) is 0 Å². The van der Waals surface area contributed by atoms with Crippen molar-refractivity contribution in [1.29, 1.82) is 0 Å². The third-order valence-corrected chi connectivity index (χ3v) is 3.14. The average molecular weight is 241 g/mol. The van der Waals surface area contributed by atoms with Crippen LogP contribution in [0.25, 0.3) is 0 Å². The van der Waals surface area contributed by atoms with Gasteiger partial charge in [0.15, 0.2) is 0 Å². The SMILES string of the molecule is C=C(CC)C1CCCCC1.CC.CCCNC. The van der Waals surface area contributed by atoms with Crippen LogP contribution >= 0.6 is 0 Å². The van der Waals surface area contributed by atoms with E-state index in [1.807, 2.05) is 20.9 Å². The van der Waals surface area contributed by atoms with Crippen LogP contribution < -0.4 is 5.32 Å². The minimum atomic E-state index is 0.874. The first kappa shape index (κ1) is 19.0. The molecule has 0 saturated heterocycles. The van der Waals surface area contributed by atoms with Crippen LogP contribution in [0.2, 0.25) is 0 Å². The van der Waals surface area contributed by atoms with E-state index in [0.717, 1.165) is 12.5 Å². The van der Waals surface area contributed by atoms with Crippen LogP contribution in [-0.2, 0) is 0 Å². The second-order valence-electron chi connectivity index (χ2n) is 4.45. The Hall–Kier alpha value is -0.300. The maximum Gasteiger partial charge on any atom is -0.00546 e. The maximum atomic E-state index is 4.10. The molecule has 1 fully saturated rings. The van der Waals surface area contributed by atoms with Crippen molar-refractivity contribution in [2.75, 3.05) is 13.6 Å². The minimum Gasteiger partial charge on any atom is -0.320 e. The van der Waals surface area contributed by atoms with Crippen molar-refractivity contribution in [3.8, 4) is 0 Å². The van der Waals surface area contributed by atoms with Crippen molar-refractivity contribution >= 4 is 0 Å². The maximum absolute atomic E-state index is 4.10. The Kier molecular flexibility index (Phi) is 17.6. The summed E-state index contributed by atoms with van der Waals surface area (Å²) in [4.78, 5) is 0. The van der Waals surface area contributed by atoms with E-state index in [9.17, 15) is 0 Å². The molecular weight excluding hydrogens is 206 g/mol. The number of hydrogen-bond donors (Lipinski definition) is 1. The monoisotopic (exact) mass is 241 g/mol. The van der Waals surface area contributed by atoms with Gasteiger partial charge in [0.1, 0.15) is 0 Å². The molecule has 0 heterocycles. The molecule has 1 N–H and O–H groups in total. The van der Waals surface area contributed by atoms with E-state index in [0.29, 0.717) is 0 Å². The fourth-order valence-corrected chi connectivity index (χ4v) is 2.05.